The number of rotatable bonds is 6. The number of hydrogen-bond donors (Lipinski definition) is 1. The minimum absolute atomic E-state index is 0.245. The fourth-order valence-corrected chi connectivity index (χ4v) is 1.29. The highest BCUT2D eigenvalue weighted by Gasteiger charge is 2.03. The number of ketones is 1. The Labute approximate surface area is 82.5 Å². The van der Waals surface area contributed by atoms with Gasteiger partial charge in [-0.25, -0.2) is 0 Å². The Kier molecular flexibility index (Phi) is 4.54. The highest BCUT2D eigenvalue weighted by molar-refractivity contribution is 6.17. The molecule has 0 saturated heterocycles. The van der Waals surface area contributed by atoms with Crippen molar-refractivity contribution in [3.63, 3.8) is 0 Å². The first kappa shape index (κ1) is 10.3. The van der Waals surface area contributed by atoms with Gasteiger partial charge in [0.15, 0.2) is 0 Å². The minimum atomic E-state index is 0.245. The molecule has 0 saturated carbocycles. The van der Waals surface area contributed by atoms with Gasteiger partial charge < -0.3 is 0 Å². The molecule has 3 nitrogen and oxygen atoms in total. The molecular weight excluding hydrogens is 188 g/mol. The molecule has 0 bridgehead atoms. The molecule has 0 fully saturated rings. The summed E-state index contributed by atoms with van der Waals surface area (Å²) in [6.45, 7) is 0. The largest absolute Gasteiger partial charge is 0.299 e. The number of nitrogens with zero attached hydrogens (tertiary/aromatic N) is 1. The summed E-state index contributed by atoms with van der Waals surface area (Å²) in [5.41, 5.74) is 0.885. The highest BCUT2D eigenvalue weighted by atomic mass is 35.5. The van der Waals surface area contributed by atoms with E-state index in [4.69, 9.17) is 11.6 Å². The Morgan fingerprint density at radius 1 is 1.54 bits per heavy atom. The van der Waals surface area contributed by atoms with E-state index in [-0.39, 0.29) is 5.78 Å². The van der Waals surface area contributed by atoms with Crippen LogP contribution in [0.15, 0.2) is 12.3 Å². The Morgan fingerprint density at radius 2 is 2.38 bits per heavy atom. The Hall–Kier alpha value is -0.830. The van der Waals surface area contributed by atoms with Crippen molar-refractivity contribution < 1.29 is 4.79 Å². The van der Waals surface area contributed by atoms with Crippen LogP contribution in [0.4, 0.5) is 0 Å². The second-order valence-electron chi connectivity index (χ2n) is 2.94. The zero-order chi connectivity index (χ0) is 9.52. The third kappa shape index (κ3) is 4.08. The number of nitrogens with one attached hydrogen (secondary N) is 1. The molecule has 1 aromatic rings. The molecule has 72 valence electrons. The minimum Gasteiger partial charge on any atom is -0.299 e. The van der Waals surface area contributed by atoms with E-state index in [1.165, 1.54) is 0 Å². The van der Waals surface area contributed by atoms with Crippen molar-refractivity contribution in [2.45, 2.75) is 25.7 Å². The zero-order valence-electron chi connectivity index (χ0n) is 7.42. The van der Waals surface area contributed by atoms with E-state index in [1.54, 1.807) is 6.20 Å². The third-order valence-electron chi connectivity index (χ3n) is 1.79. The summed E-state index contributed by atoms with van der Waals surface area (Å²) in [6.07, 6.45) is 4.53. The van der Waals surface area contributed by atoms with Crippen LogP contribution in [0, 0.1) is 0 Å². The number of unbranched alkanes of at least 4 members (excludes halogenated alkanes) is 1. The number of carbonyl (C=O) groups excluding carboxylic acids is 1. The molecule has 0 aliphatic heterocycles. The van der Waals surface area contributed by atoms with Crippen LogP contribution in [0.3, 0.4) is 0 Å². The average Bonchev–Trinajstić information content (AvgIpc) is 2.57. The van der Waals surface area contributed by atoms with Gasteiger partial charge in [-0.3, -0.25) is 9.89 Å². The molecule has 0 aliphatic rings. The van der Waals surface area contributed by atoms with Crippen molar-refractivity contribution in [1.29, 1.82) is 0 Å². The summed E-state index contributed by atoms with van der Waals surface area (Å²) in [4.78, 5) is 11.3. The van der Waals surface area contributed by atoms with E-state index in [1.807, 2.05) is 6.07 Å². The molecule has 0 atom stereocenters. The standard InChI is InChI=1S/C9H13ClN2O/c10-5-2-1-3-9(13)7-8-4-6-11-12-8/h4,6H,1-3,5,7H2,(H,11,12). The maximum absolute atomic E-state index is 11.3. The van der Waals surface area contributed by atoms with Crippen molar-refractivity contribution in [3.8, 4) is 0 Å². The number of alkyl halides is 1. The normalized spacial score (nSPS) is 10.2. The molecule has 0 aromatic carbocycles. The van der Waals surface area contributed by atoms with E-state index in [2.05, 4.69) is 10.2 Å². The van der Waals surface area contributed by atoms with Crippen molar-refractivity contribution >= 4 is 17.4 Å². The molecule has 1 heterocycles. The van der Waals surface area contributed by atoms with Gasteiger partial charge in [-0.2, -0.15) is 5.10 Å². The second kappa shape index (κ2) is 5.75. The van der Waals surface area contributed by atoms with Gasteiger partial charge in [0.2, 0.25) is 0 Å². The molecule has 1 rings (SSSR count). The predicted octanol–water partition coefficient (Wildman–Crippen LogP) is 1.93. The average molecular weight is 201 g/mol. The van der Waals surface area contributed by atoms with E-state index >= 15 is 0 Å². The number of hydrogen-bond acceptors (Lipinski definition) is 2. The van der Waals surface area contributed by atoms with Gasteiger partial charge in [0.05, 0.1) is 0 Å². The van der Waals surface area contributed by atoms with Crippen molar-refractivity contribution in [3.05, 3.63) is 18.0 Å². The molecule has 0 amide bonds. The Bertz CT molecular complexity index is 246. The summed E-state index contributed by atoms with van der Waals surface area (Å²) >= 11 is 5.50. The third-order valence-corrected chi connectivity index (χ3v) is 2.05. The van der Waals surface area contributed by atoms with Gasteiger partial charge in [-0.1, -0.05) is 0 Å². The molecule has 4 heteroatoms. The first-order chi connectivity index (χ1) is 6.33. The molecular formula is C9H13ClN2O. The van der Waals surface area contributed by atoms with Crippen LogP contribution < -0.4 is 0 Å². The Balaban J connectivity index is 2.18. The number of aromatic amines is 1. The summed E-state index contributed by atoms with van der Waals surface area (Å²) in [6, 6.07) is 1.82. The van der Waals surface area contributed by atoms with Gasteiger partial charge in [0, 0.05) is 30.6 Å². The SMILES string of the molecule is O=C(CCCCCl)Cc1ccn[nH]1. The summed E-state index contributed by atoms with van der Waals surface area (Å²) in [7, 11) is 0. The fourth-order valence-electron chi connectivity index (χ4n) is 1.10. The van der Waals surface area contributed by atoms with E-state index < -0.39 is 0 Å². The van der Waals surface area contributed by atoms with Crippen LogP contribution in [-0.2, 0) is 11.2 Å². The molecule has 0 radical (unpaired) electrons. The van der Waals surface area contributed by atoms with Gasteiger partial charge in [0.25, 0.3) is 0 Å². The lowest BCUT2D eigenvalue weighted by Crippen LogP contribution is -2.02. The van der Waals surface area contributed by atoms with Crippen LogP contribution in [0.25, 0.3) is 0 Å². The van der Waals surface area contributed by atoms with Crippen LogP contribution >= 0.6 is 11.6 Å². The lowest BCUT2D eigenvalue weighted by molar-refractivity contribution is -0.118. The van der Waals surface area contributed by atoms with E-state index in [9.17, 15) is 4.79 Å². The smallest absolute Gasteiger partial charge is 0.138 e. The van der Waals surface area contributed by atoms with Crippen molar-refractivity contribution in [2.24, 2.45) is 0 Å². The number of aromatic nitrogens is 2. The van der Waals surface area contributed by atoms with Crippen LogP contribution in [-0.4, -0.2) is 21.9 Å². The predicted molar refractivity (Wildman–Crippen MR) is 51.9 cm³/mol. The van der Waals surface area contributed by atoms with Crippen LogP contribution in [0.1, 0.15) is 25.0 Å². The van der Waals surface area contributed by atoms with Gasteiger partial charge in [-0.05, 0) is 18.9 Å². The molecule has 13 heavy (non-hydrogen) atoms. The number of carbonyl (C=O) groups is 1. The monoisotopic (exact) mass is 200 g/mol. The van der Waals surface area contributed by atoms with Gasteiger partial charge in [0.1, 0.15) is 5.78 Å². The van der Waals surface area contributed by atoms with Crippen LogP contribution in [0.5, 0.6) is 0 Å². The topological polar surface area (TPSA) is 45.8 Å². The molecule has 0 unspecified atom stereocenters. The quantitative estimate of drug-likeness (QED) is 0.564. The van der Waals surface area contributed by atoms with Crippen molar-refractivity contribution in [2.75, 3.05) is 5.88 Å². The summed E-state index contributed by atoms with van der Waals surface area (Å²) < 4.78 is 0. The zero-order valence-corrected chi connectivity index (χ0v) is 8.18. The molecule has 0 spiro atoms. The lowest BCUT2D eigenvalue weighted by Gasteiger charge is -1.97. The van der Waals surface area contributed by atoms with Crippen molar-refractivity contribution in [1.82, 2.24) is 10.2 Å². The maximum atomic E-state index is 11.3. The second-order valence-corrected chi connectivity index (χ2v) is 3.32. The Morgan fingerprint density at radius 3 is 3.00 bits per heavy atom. The summed E-state index contributed by atoms with van der Waals surface area (Å²) in [5.74, 6) is 0.881. The molecule has 1 N–H and O–H groups in total. The summed E-state index contributed by atoms with van der Waals surface area (Å²) in [5, 5.41) is 6.53. The first-order valence-electron chi connectivity index (χ1n) is 4.39. The number of halogens is 1. The number of Topliss-reactive ketones (excluding diaryl/α,β-unsaturated/α-hetero) is 1. The van der Waals surface area contributed by atoms with E-state index in [0.717, 1.165) is 18.5 Å². The first-order valence-corrected chi connectivity index (χ1v) is 4.92. The van der Waals surface area contributed by atoms with Gasteiger partial charge in [-0.15, -0.1) is 11.6 Å². The molecule has 1 aromatic heterocycles. The van der Waals surface area contributed by atoms with Crippen LogP contribution in [0.2, 0.25) is 0 Å². The van der Waals surface area contributed by atoms with Gasteiger partial charge >= 0.3 is 0 Å². The lowest BCUT2D eigenvalue weighted by atomic mass is 10.1. The maximum Gasteiger partial charge on any atom is 0.138 e. The molecule has 0 aliphatic carbocycles. The fraction of sp³-hybridized carbons (Fsp3) is 0.556. The number of H-pyrrole nitrogens is 1. The van der Waals surface area contributed by atoms with E-state index in [0.29, 0.717) is 18.7 Å². The highest BCUT2D eigenvalue weighted by Crippen LogP contribution is 2.02.